The van der Waals surface area contributed by atoms with Crippen molar-refractivity contribution < 1.29 is 9.59 Å². The molecule has 5 nitrogen and oxygen atoms in total. The van der Waals surface area contributed by atoms with Gasteiger partial charge >= 0.3 is 0 Å². The molecule has 0 spiro atoms. The first-order chi connectivity index (χ1) is 12.6. The molecule has 2 amide bonds. The van der Waals surface area contributed by atoms with Gasteiger partial charge in [-0.2, -0.15) is 0 Å². The van der Waals surface area contributed by atoms with Gasteiger partial charge in [-0.1, -0.05) is 60.1 Å². The van der Waals surface area contributed by atoms with Gasteiger partial charge in [-0.05, 0) is 17.2 Å². The maximum Gasteiger partial charge on any atom is 0.240 e. The third kappa shape index (κ3) is 4.84. The fourth-order valence-corrected chi connectivity index (χ4v) is 3.19. The van der Waals surface area contributed by atoms with Crippen LogP contribution >= 0.6 is 11.6 Å². The molecule has 0 saturated carbocycles. The molecule has 1 atom stereocenters. The lowest BCUT2D eigenvalue weighted by atomic mass is 10.1. The van der Waals surface area contributed by atoms with Crippen molar-refractivity contribution in [1.82, 2.24) is 15.5 Å². The summed E-state index contributed by atoms with van der Waals surface area (Å²) >= 11 is 6.19. The highest BCUT2D eigenvalue weighted by Crippen LogP contribution is 2.18. The normalized spacial score (nSPS) is 17.2. The fourth-order valence-electron chi connectivity index (χ4n) is 2.99. The van der Waals surface area contributed by atoms with Gasteiger partial charge in [0.05, 0.1) is 12.5 Å². The summed E-state index contributed by atoms with van der Waals surface area (Å²) in [5.41, 5.74) is 1.95. The summed E-state index contributed by atoms with van der Waals surface area (Å²) in [6, 6.07) is 16.7. The Morgan fingerprint density at radius 2 is 1.88 bits per heavy atom. The van der Waals surface area contributed by atoms with Gasteiger partial charge in [0.15, 0.2) is 0 Å². The monoisotopic (exact) mass is 371 g/mol. The van der Waals surface area contributed by atoms with E-state index in [1.807, 2.05) is 54.6 Å². The number of halogens is 1. The number of benzene rings is 2. The van der Waals surface area contributed by atoms with E-state index in [0.717, 1.165) is 11.1 Å². The molecule has 1 fully saturated rings. The minimum Gasteiger partial charge on any atom is -0.352 e. The number of nitrogens with zero attached hydrogens (tertiary/aromatic N) is 1. The Hall–Kier alpha value is -2.37. The van der Waals surface area contributed by atoms with Gasteiger partial charge < -0.3 is 15.5 Å². The third-order valence-corrected chi connectivity index (χ3v) is 4.79. The van der Waals surface area contributed by atoms with Crippen molar-refractivity contribution in [3.63, 3.8) is 0 Å². The SMILES string of the molecule is O=C(CC1NCCN(Cc2ccccc2Cl)C1=O)NCc1ccccc1. The highest BCUT2D eigenvalue weighted by molar-refractivity contribution is 6.31. The summed E-state index contributed by atoms with van der Waals surface area (Å²) < 4.78 is 0. The number of hydrogen-bond acceptors (Lipinski definition) is 3. The van der Waals surface area contributed by atoms with Crippen molar-refractivity contribution in [2.45, 2.75) is 25.6 Å². The Labute approximate surface area is 158 Å². The molecule has 2 N–H and O–H groups in total. The third-order valence-electron chi connectivity index (χ3n) is 4.42. The zero-order valence-electron chi connectivity index (χ0n) is 14.5. The van der Waals surface area contributed by atoms with Crippen molar-refractivity contribution >= 4 is 23.4 Å². The molecule has 0 radical (unpaired) electrons. The molecule has 0 aliphatic carbocycles. The standard InChI is InChI=1S/C20H22ClN3O2/c21-17-9-5-4-8-16(17)14-24-11-10-22-18(20(24)26)12-19(25)23-13-15-6-2-1-3-7-15/h1-9,18,22H,10-14H2,(H,23,25). The van der Waals surface area contributed by atoms with E-state index in [1.54, 1.807) is 4.90 Å². The molecule has 1 unspecified atom stereocenters. The van der Waals surface area contributed by atoms with E-state index in [9.17, 15) is 9.59 Å². The Kier molecular flexibility index (Phi) is 6.26. The molecule has 136 valence electrons. The van der Waals surface area contributed by atoms with E-state index in [-0.39, 0.29) is 18.2 Å². The van der Waals surface area contributed by atoms with E-state index < -0.39 is 6.04 Å². The van der Waals surface area contributed by atoms with Crippen LogP contribution in [0.3, 0.4) is 0 Å². The quantitative estimate of drug-likeness (QED) is 0.819. The summed E-state index contributed by atoms with van der Waals surface area (Å²) in [5, 5.41) is 6.66. The first kappa shape index (κ1) is 18.4. The maximum absolute atomic E-state index is 12.7. The average Bonchev–Trinajstić information content (AvgIpc) is 2.66. The summed E-state index contributed by atoms with van der Waals surface area (Å²) in [5.74, 6) is -0.203. The van der Waals surface area contributed by atoms with Crippen LogP contribution < -0.4 is 10.6 Å². The van der Waals surface area contributed by atoms with E-state index in [1.165, 1.54) is 0 Å². The second-order valence-electron chi connectivity index (χ2n) is 6.32. The van der Waals surface area contributed by atoms with Crippen LogP contribution in [0.15, 0.2) is 54.6 Å². The van der Waals surface area contributed by atoms with E-state index >= 15 is 0 Å². The number of nitrogens with one attached hydrogen (secondary N) is 2. The molecule has 2 aromatic rings. The minimum atomic E-state index is -0.498. The van der Waals surface area contributed by atoms with Crippen LogP contribution in [0.2, 0.25) is 5.02 Å². The predicted octanol–water partition coefficient (Wildman–Crippen LogP) is 2.35. The van der Waals surface area contributed by atoms with Crippen LogP contribution in [0.5, 0.6) is 0 Å². The number of hydrogen-bond donors (Lipinski definition) is 2. The van der Waals surface area contributed by atoms with Crippen molar-refractivity contribution in [3.05, 3.63) is 70.7 Å². The van der Waals surface area contributed by atoms with Crippen LogP contribution in [-0.4, -0.2) is 35.8 Å². The predicted molar refractivity (Wildman–Crippen MR) is 102 cm³/mol. The van der Waals surface area contributed by atoms with Crippen LogP contribution in [0, 0.1) is 0 Å². The first-order valence-electron chi connectivity index (χ1n) is 8.69. The summed E-state index contributed by atoms with van der Waals surface area (Å²) in [7, 11) is 0. The smallest absolute Gasteiger partial charge is 0.240 e. The molecule has 1 saturated heterocycles. The second kappa shape index (κ2) is 8.83. The lowest BCUT2D eigenvalue weighted by Gasteiger charge is -2.33. The number of rotatable bonds is 6. The van der Waals surface area contributed by atoms with Gasteiger partial charge in [-0.3, -0.25) is 9.59 Å². The second-order valence-corrected chi connectivity index (χ2v) is 6.73. The largest absolute Gasteiger partial charge is 0.352 e. The van der Waals surface area contributed by atoms with Gasteiger partial charge in [0.1, 0.15) is 0 Å². The van der Waals surface area contributed by atoms with Crippen LogP contribution in [0.25, 0.3) is 0 Å². The summed E-state index contributed by atoms with van der Waals surface area (Å²) in [6.45, 7) is 2.19. The molecule has 1 heterocycles. The molecule has 6 heteroatoms. The van der Waals surface area contributed by atoms with Crippen molar-refractivity contribution in [3.8, 4) is 0 Å². The Balaban J connectivity index is 1.54. The minimum absolute atomic E-state index is 0.0639. The molecule has 3 rings (SSSR count). The summed E-state index contributed by atoms with van der Waals surface area (Å²) in [6.07, 6.45) is 0.130. The van der Waals surface area contributed by atoms with Gasteiger partial charge in [0.25, 0.3) is 0 Å². The topological polar surface area (TPSA) is 61.4 Å². The van der Waals surface area contributed by atoms with E-state index in [4.69, 9.17) is 11.6 Å². The van der Waals surface area contributed by atoms with E-state index in [2.05, 4.69) is 10.6 Å². The zero-order valence-corrected chi connectivity index (χ0v) is 15.2. The molecule has 1 aliphatic heterocycles. The maximum atomic E-state index is 12.7. The lowest BCUT2D eigenvalue weighted by Crippen LogP contribution is -2.55. The Morgan fingerprint density at radius 1 is 1.15 bits per heavy atom. The van der Waals surface area contributed by atoms with Crippen molar-refractivity contribution in [1.29, 1.82) is 0 Å². The summed E-state index contributed by atoms with van der Waals surface area (Å²) in [4.78, 5) is 26.7. The van der Waals surface area contributed by atoms with Gasteiger partial charge in [0, 0.05) is 31.2 Å². The van der Waals surface area contributed by atoms with Crippen LogP contribution in [0.4, 0.5) is 0 Å². The van der Waals surface area contributed by atoms with Crippen LogP contribution in [-0.2, 0) is 22.7 Å². The molecule has 1 aliphatic rings. The number of piperazine rings is 1. The average molecular weight is 372 g/mol. The van der Waals surface area contributed by atoms with Crippen molar-refractivity contribution in [2.75, 3.05) is 13.1 Å². The highest BCUT2D eigenvalue weighted by Gasteiger charge is 2.30. The lowest BCUT2D eigenvalue weighted by molar-refractivity contribution is -0.138. The number of amides is 2. The molecule has 2 aromatic carbocycles. The van der Waals surface area contributed by atoms with Gasteiger partial charge in [0.2, 0.25) is 11.8 Å². The highest BCUT2D eigenvalue weighted by atomic mass is 35.5. The molecule has 0 bridgehead atoms. The molecular weight excluding hydrogens is 350 g/mol. The zero-order chi connectivity index (χ0) is 18.4. The fraction of sp³-hybridized carbons (Fsp3) is 0.300. The number of carbonyl (C=O) groups excluding carboxylic acids is 2. The molecule has 0 aromatic heterocycles. The Morgan fingerprint density at radius 3 is 2.65 bits per heavy atom. The van der Waals surface area contributed by atoms with Gasteiger partial charge in [-0.15, -0.1) is 0 Å². The molecule has 26 heavy (non-hydrogen) atoms. The van der Waals surface area contributed by atoms with Crippen molar-refractivity contribution in [2.24, 2.45) is 0 Å². The number of carbonyl (C=O) groups is 2. The van der Waals surface area contributed by atoms with E-state index in [0.29, 0.717) is 31.2 Å². The Bertz CT molecular complexity index is 767. The van der Waals surface area contributed by atoms with Gasteiger partial charge in [-0.25, -0.2) is 0 Å². The first-order valence-corrected chi connectivity index (χ1v) is 9.07. The molecular formula is C20H22ClN3O2. The van der Waals surface area contributed by atoms with Crippen LogP contribution in [0.1, 0.15) is 17.5 Å².